The Balaban J connectivity index is 1.62. The predicted octanol–water partition coefficient (Wildman–Crippen LogP) is 2.70. The molecular weight excluding hydrogens is 336 g/mol. The number of guanidine groups is 1. The van der Waals surface area contributed by atoms with Gasteiger partial charge in [0.15, 0.2) is 5.96 Å². The fourth-order valence-electron chi connectivity index (χ4n) is 3.56. The second kappa shape index (κ2) is 8.93. The van der Waals surface area contributed by atoms with E-state index in [-0.39, 0.29) is 0 Å². The van der Waals surface area contributed by atoms with Crippen molar-refractivity contribution >= 4 is 11.6 Å². The number of hydrogen-bond acceptors (Lipinski definition) is 3. The summed E-state index contributed by atoms with van der Waals surface area (Å²) in [4.78, 5) is 9.62. The molecule has 0 spiro atoms. The lowest BCUT2D eigenvalue weighted by Gasteiger charge is -2.27. The molecule has 0 bridgehead atoms. The number of nitrogens with one attached hydrogen (secondary N) is 1. The van der Waals surface area contributed by atoms with E-state index < -0.39 is 0 Å². The topological polar surface area (TPSA) is 48.7 Å². The van der Waals surface area contributed by atoms with Gasteiger partial charge in [0.2, 0.25) is 0 Å². The number of anilines is 1. The van der Waals surface area contributed by atoms with E-state index in [0.29, 0.717) is 12.0 Å². The van der Waals surface area contributed by atoms with Gasteiger partial charge in [-0.25, -0.2) is 0 Å². The molecule has 1 aromatic carbocycles. The molecule has 3 rings (SSSR count). The Hall–Kier alpha value is -2.50. The molecular formula is C21H32N6. The van der Waals surface area contributed by atoms with Crippen LogP contribution in [0.5, 0.6) is 0 Å². The zero-order valence-electron chi connectivity index (χ0n) is 17.0. The second-order valence-corrected chi connectivity index (χ2v) is 7.37. The number of para-hydroxylation sites is 1. The summed E-state index contributed by atoms with van der Waals surface area (Å²) in [5.74, 6) is 1.56. The first-order chi connectivity index (χ1) is 13.1. The van der Waals surface area contributed by atoms with Crippen LogP contribution in [0, 0.1) is 0 Å². The van der Waals surface area contributed by atoms with Crippen molar-refractivity contribution in [3.05, 3.63) is 48.3 Å². The van der Waals surface area contributed by atoms with E-state index in [1.807, 2.05) is 17.9 Å². The summed E-state index contributed by atoms with van der Waals surface area (Å²) in [7, 11) is 4.11. The first-order valence-electron chi connectivity index (χ1n) is 9.88. The highest BCUT2D eigenvalue weighted by Gasteiger charge is 2.27. The van der Waals surface area contributed by atoms with Gasteiger partial charge in [0.1, 0.15) is 0 Å². The standard InChI is InChI=1S/C21H32N6/c1-5-22-21(23-13-17(2)26(4)20-9-7-6-8-10-20)27-12-11-18(16-27)19-14-24-25(3)15-19/h6-10,14-15,17-18H,5,11-13,16H2,1-4H3,(H,22,23). The fourth-order valence-corrected chi connectivity index (χ4v) is 3.56. The van der Waals surface area contributed by atoms with Crippen LogP contribution in [0.2, 0.25) is 0 Å². The molecule has 1 aliphatic heterocycles. The lowest BCUT2D eigenvalue weighted by Crippen LogP contribution is -2.41. The van der Waals surface area contributed by atoms with E-state index in [1.54, 1.807) is 0 Å². The van der Waals surface area contributed by atoms with Crippen molar-refractivity contribution in [1.82, 2.24) is 20.0 Å². The van der Waals surface area contributed by atoms with Gasteiger partial charge in [0.05, 0.1) is 12.7 Å². The Morgan fingerprint density at radius 1 is 1.37 bits per heavy atom. The normalized spacial score (nSPS) is 18.6. The van der Waals surface area contributed by atoms with Gasteiger partial charge in [0.25, 0.3) is 0 Å². The van der Waals surface area contributed by atoms with Crippen LogP contribution in [-0.4, -0.2) is 59.9 Å². The Bertz CT molecular complexity index is 738. The van der Waals surface area contributed by atoms with E-state index in [2.05, 4.69) is 77.6 Å². The summed E-state index contributed by atoms with van der Waals surface area (Å²) in [6, 6.07) is 10.8. The molecule has 1 N–H and O–H groups in total. The van der Waals surface area contributed by atoms with E-state index in [0.717, 1.165) is 38.6 Å². The predicted molar refractivity (Wildman–Crippen MR) is 112 cm³/mol. The molecule has 1 aliphatic rings. The lowest BCUT2D eigenvalue weighted by molar-refractivity contribution is 0.484. The quantitative estimate of drug-likeness (QED) is 0.629. The number of aryl methyl sites for hydroxylation is 1. The van der Waals surface area contributed by atoms with Crippen molar-refractivity contribution in [2.24, 2.45) is 12.0 Å². The van der Waals surface area contributed by atoms with Gasteiger partial charge in [0, 0.05) is 57.6 Å². The number of hydrogen-bond donors (Lipinski definition) is 1. The van der Waals surface area contributed by atoms with Crippen LogP contribution in [-0.2, 0) is 7.05 Å². The number of benzene rings is 1. The van der Waals surface area contributed by atoms with E-state index in [9.17, 15) is 0 Å². The molecule has 1 fully saturated rings. The third-order valence-corrected chi connectivity index (χ3v) is 5.35. The van der Waals surface area contributed by atoms with E-state index >= 15 is 0 Å². The summed E-state index contributed by atoms with van der Waals surface area (Å²) in [6.45, 7) is 8.04. The van der Waals surface area contributed by atoms with Gasteiger partial charge in [-0.2, -0.15) is 5.10 Å². The minimum atomic E-state index is 0.331. The molecule has 6 nitrogen and oxygen atoms in total. The molecule has 0 amide bonds. The summed E-state index contributed by atoms with van der Waals surface area (Å²) in [5, 5.41) is 7.79. The van der Waals surface area contributed by atoms with Crippen LogP contribution in [0.1, 0.15) is 31.7 Å². The van der Waals surface area contributed by atoms with Crippen LogP contribution in [0.15, 0.2) is 47.7 Å². The van der Waals surface area contributed by atoms with Crippen molar-refractivity contribution in [3.8, 4) is 0 Å². The van der Waals surface area contributed by atoms with Crippen LogP contribution in [0.4, 0.5) is 5.69 Å². The molecule has 146 valence electrons. The van der Waals surface area contributed by atoms with Gasteiger partial charge in [-0.1, -0.05) is 18.2 Å². The number of aromatic nitrogens is 2. The highest BCUT2D eigenvalue weighted by molar-refractivity contribution is 5.80. The number of likely N-dealkylation sites (tertiary alicyclic amines) is 1. The maximum atomic E-state index is 4.94. The third-order valence-electron chi connectivity index (χ3n) is 5.35. The summed E-state index contributed by atoms with van der Waals surface area (Å²) < 4.78 is 1.89. The number of nitrogens with zero attached hydrogens (tertiary/aromatic N) is 5. The summed E-state index contributed by atoms with van der Waals surface area (Å²) in [5.41, 5.74) is 2.55. The Labute approximate surface area is 162 Å². The van der Waals surface area contributed by atoms with Crippen molar-refractivity contribution in [2.45, 2.75) is 32.2 Å². The second-order valence-electron chi connectivity index (χ2n) is 7.37. The molecule has 0 saturated carbocycles. The van der Waals surface area contributed by atoms with Crippen molar-refractivity contribution < 1.29 is 0 Å². The highest BCUT2D eigenvalue weighted by Crippen LogP contribution is 2.26. The molecule has 2 heterocycles. The smallest absolute Gasteiger partial charge is 0.194 e. The summed E-state index contributed by atoms with van der Waals surface area (Å²) >= 11 is 0. The monoisotopic (exact) mass is 368 g/mol. The zero-order valence-corrected chi connectivity index (χ0v) is 17.0. The first kappa shape index (κ1) is 19.3. The Kier molecular flexibility index (Phi) is 6.37. The van der Waals surface area contributed by atoms with Gasteiger partial charge in [-0.3, -0.25) is 9.67 Å². The van der Waals surface area contributed by atoms with Crippen molar-refractivity contribution in [1.29, 1.82) is 0 Å². The minimum Gasteiger partial charge on any atom is -0.370 e. The number of aliphatic imine (C=N–C) groups is 1. The molecule has 6 heteroatoms. The highest BCUT2D eigenvalue weighted by atomic mass is 15.3. The molecule has 2 aromatic rings. The van der Waals surface area contributed by atoms with Crippen LogP contribution >= 0.6 is 0 Å². The van der Waals surface area contributed by atoms with Gasteiger partial charge in [-0.15, -0.1) is 0 Å². The largest absolute Gasteiger partial charge is 0.370 e. The summed E-state index contributed by atoms with van der Waals surface area (Å²) in [6.07, 6.45) is 5.28. The SMILES string of the molecule is CCNC(=NCC(C)N(C)c1ccccc1)N1CCC(c2cnn(C)c2)C1. The lowest BCUT2D eigenvalue weighted by atomic mass is 10.0. The Morgan fingerprint density at radius 3 is 2.81 bits per heavy atom. The van der Waals surface area contributed by atoms with E-state index in [1.165, 1.54) is 11.3 Å². The molecule has 2 unspecified atom stereocenters. The number of likely N-dealkylation sites (N-methyl/N-ethyl adjacent to an activating group) is 1. The minimum absolute atomic E-state index is 0.331. The first-order valence-corrected chi connectivity index (χ1v) is 9.88. The zero-order chi connectivity index (χ0) is 19.2. The molecule has 27 heavy (non-hydrogen) atoms. The van der Waals surface area contributed by atoms with Crippen molar-refractivity contribution in [2.75, 3.05) is 38.1 Å². The fraction of sp³-hybridized carbons (Fsp3) is 0.524. The molecule has 0 radical (unpaired) electrons. The van der Waals surface area contributed by atoms with Gasteiger partial charge >= 0.3 is 0 Å². The molecule has 0 aliphatic carbocycles. The van der Waals surface area contributed by atoms with Gasteiger partial charge < -0.3 is 15.1 Å². The maximum absolute atomic E-state index is 4.94. The van der Waals surface area contributed by atoms with Crippen LogP contribution in [0.3, 0.4) is 0 Å². The van der Waals surface area contributed by atoms with Crippen LogP contribution < -0.4 is 10.2 Å². The number of rotatable bonds is 6. The van der Waals surface area contributed by atoms with Crippen molar-refractivity contribution in [3.63, 3.8) is 0 Å². The maximum Gasteiger partial charge on any atom is 0.194 e. The molecule has 1 aromatic heterocycles. The van der Waals surface area contributed by atoms with E-state index in [4.69, 9.17) is 4.99 Å². The average molecular weight is 369 g/mol. The average Bonchev–Trinajstić information content (AvgIpc) is 3.34. The Morgan fingerprint density at radius 2 is 2.15 bits per heavy atom. The molecule has 1 saturated heterocycles. The third kappa shape index (κ3) is 4.81. The molecule has 2 atom stereocenters. The van der Waals surface area contributed by atoms with Gasteiger partial charge in [-0.05, 0) is 38.0 Å². The van der Waals surface area contributed by atoms with Crippen LogP contribution in [0.25, 0.3) is 0 Å².